The van der Waals surface area contributed by atoms with Crippen molar-refractivity contribution in [3.63, 3.8) is 0 Å². The molecule has 2 rings (SSSR count). The number of rotatable bonds is 3. The second-order valence-electron chi connectivity index (χ2n) is 4.48. The number of amides is 1. The third-order valence-electron chi connectivity index (χ3n) is 2.98. The van der Waals surface area contributed by atoms with Crippen LogP contribution in [0.5, 0.6) is 0 Å². The monoisotopic (exact) mass is 283 g/mol. The van der Waals surface area contributed by atoms with Gasteiger partial charge in [-0.15, -0.1) is 0 Å². The topological polar surface area (TPSA) is 101 Å². The molecule has 7 heteroatoms. The fourth-order valence-corrected chi connectivity index (χ4v) is 3.72. The van der Waals surface area contributed by atoms with Gasteiger partial charge in [-0.2, -0.15) is 0 Å². The molecule has 1 unspecified atom stereocenters. The predicted octanol–water partition coefficient (Wildman–Crippen LogP) is 0.758. The lowest BCUT2D eigenvalue weighted by Crippen LogP contribution is -2.23. The van der Waals surface area contributed by atoms with Crippen molar-refractivity contribution in [2.75, 3.05) is 16.8 Å². The molecule has 19 heavy (non-hydrogen) atoms. The average Bonchev–Trinajstić information content (AvgIpc) is 2.70. The smallest absolute Gasteiger partial charge is 0.335 e. The lowest BCUT2D eigenvalue weighted by atomic mass is 10.1. The Kier molecular flexibility index (Phi) is 3.57. The highest BCUT2D eigenvalue weighted by atomic mass is 32.2. The molecule has 1 aliphatic rings. The zero-order valence-electron chi connectivity index (χ0n) is 10.00. The summed E-state index contributed by atoms with van der Waals surface area (Å²) in [6.07, 6.45) is 0.312. The fraction of sp³-hybridized carbons (Fsp3) is 0.333. The summed E-state index contributed by atoms with van der Waals surface area (Å²) < 4.78 is 22.6. The Labute approximate surface area is 110 Å². The maximum atomic E-state index is 11.9. The van der Waals surface area contributed by atoms with E-state index in [0.717, 1.165) is 0 Å². The molecule has 0 bridgehead atoms. The van der Waals surface area contributed by atoms with Gasteiger partial charge in [0, 0.05) is 5.69 Å². The van der Waals surface area contributed by atoms with Crippen molar-refractivity contribution in [2.45, 2.75) is 6.42 Å². The van der Waals surface area contributed by atoms with Crippen LogP contribution in [-0.4, -0.2) is 36.9 Å². The lowest BCUT2D eigenvalue weighted by Gasteiger charge is -2.09. The minimum atomic E-state index is -3.11. The second-order valence-corrected chi connectivity index (χ2v) is 6.70. The van der Waals surface area contributed by atoms with Gasteiger partial charge in [0.1, 0.15) is 0 Å². The van der Waals surface area contributed by atoms with E-state index in [0.29, 0.717) is 12.1 Å². The van der Waals surface area contributed by atoms with Crippen molar-refractivity contribution in [3.8, 4) is 0 Å². The summed E-state index contributed by atoms with van der Waals surface area (Å²) in [5.74, 6) is -2.14. The van der Waals surface area contributed by atoms with Gasteiger partial charge in [0.2, 0.25) is 5.91 Å². The molecule has 1 fully saturated rings. The SMILES string of the molecule is O=C(O)c1cccc(NC(=O)C2CCS(=O)(=O)C2)c1. The molecule has 2 N–H and O–H groups in total. The number of sulfone groups is 1. The van der Waals surface area contributed by atoms with Gasteiger partial charge >= 0.3 is 5.97 Å². The average molecular weight is 283 g/mol. The first kappa shape index (κ1) is 13.5. The minimum Gasteiger partial charge on any atom is -0.478 e. The van der Waals surface area contributed by atoms with E-state index in [4.69, 9.17) is 5.11 Å². The van der Waals surface area contributed by atoms with Crippen LogP contribution in [-0.2, 0) is 14.6 Å². The van der Waals surface area contributed by atoms with E-state index < -0.39 is 21.7 Å². The van der Waals surface area contributed by atoms with E-state index in [1.807, 2.05) is 0 Å². The van der Waals surface area contributed by atoms with Crippen LogP contribution in [0.25, 0.3) is 0 Å². The van der Waals surface area contributed by atoms with Gasteiger partial charge in [-0.05, 0) is 24.6 Å². The Morgan fingerprint density at radius 3 is 2.63 bits per heavy atom. The molecule has 0 radical (unpaired) electrons. The number of carboxylic acids is 1. The Bertz CT molecular complexity index is 623. The first-order valence-corrected chi connectivity index (χ1v) is 7.54. The molecule has 1 aromatic carbocycles. The molecular weight excluding hydrogens is 270 g/mol. The van der Waals surface area contributed by atoms with E-state index in [9.17, 15) is 18.0 Å². The van der Waals surface area contributed by atoms with E-state index in [1.165, 1.54) is 18.2 Å². The summed E-state index contributed by atoms with van der Waals surface area (Å²) in [4.78, 5) is 22.6. The summed E-state index contributed by atoms with van der Waals surface area (Å²) in [6.45, 7) is 0. The van der Waals surface area contributed by atoms with Crippen LogP contribution in [0.4, 0.5) is 5.69 Å². The summed E-state index contributed by atoms with van der Waals surface area (Å²) in [7, 11) is -3.11. The third kappa shape index (κ3) is 3.31. The number of carbonyl (C=O) groups excluding carboxylic acids is 1. The van der Waals surface area contributed by atoms with Crippen LogP contribution < -0.4 is 5.32 Å². The maximum Gasteiger partial charge on any atom is 0.335 e. The molecule has 1 atom stereocenters. The van der Waals surface area contributed by atoms with Gasteiger partial charge in [-0.3, -0.25) is 4.79 Å². The fourth-order valence-electron chi connectivity index (χ4n) is 1.98. The quantitative estimate of drug-likeness (QED) is 0.852. The normalized spacial score (nSPS) is 20.9. The number of aromatic carboxylic acids is 1. The van der Waals surface area contributed by atoms with Crippen LogP contribution in [0.2, 0.25) is 0 Å². The highest BCUT2D eigenvalue weighted by Crippen LogP contribution is 2.20. The number of hydrogen-bond donors (Lipinski definition) is 2. The van der Waals surface area contributed by atoms with E-state index in [1.54, 1.807) is 6.07 Å². The molecule has 102 valence electrons. The third-order valence-corrected chi connectivity index (χ3v) is 4.75. The van der Waals surface area contributed by atoms with Gasteiger partial charge in [-0.25, -0.2) is 13.2 Å². The zero-order chi connectivity index (χ0) is 14.0. The molecule has 6 nitrogen and oxygen atoms in total. The molecule has 0 spiro atoms. The molecule has 1 aliphatic heterocycles. The Balaban J connectivity index is 2.07. The van der Waals surface area contributed by atoms with E-state index in [-0.39, 0.29) is 23.0 Å². The van der Waals surface area contributed by atoms with Crippen molar-refractivity contribution < 1.29 is 23.1 Å². The van der Waals surface area contributed by atoms with Crippen LogP contribution in [0, 0.1) is 5.92 Å². The Morgan fingerprint density at radius 2 is 2.05 bits per heavy atom. The van der Waals surface area contributed by atoms with Gasteiger partial charge < -0.3 is 10.4 Å². The predicted molar refractivity (Wildman–Crippen MR) is 68.8 cm³/mol. The van der Waals surface area contributed by atoms with Crippen molar-refractivity contribution in [2.24, 2.45) is 5.92 Å². The summed E-state index contributed by atoms with van der Waals surface area (Å²) in [6, 6.07) is 5.83. The van der Waals surface area contributed by atoms with Crippen LogP contribution in [0.3, 0.4) is 0 Å². The van der Waals surface area contributed by atoms with Crippen LogP contribution >= 0.6 is 0 Å². The highest BCUT2D eigenvalue weighted by Gasteiger charge is 2.32. The van der Waals surface area contributed by atoms with Crippen molar-refractivity contribution in [3.05, 3.63) is 29.8 Å². The van der Waals surface area contributed by atoms with Gasteiger partial charge in [0.15, 0.2) is 9.84 Å². The molecule has 1 saturated heterocycles. The first-order chi connectivity index (χ1) is 8.87. The molecule has 1 aromatic rings. The number of carboxylic acid groups (broad SMARTS) is 1. The molecule has 0 aliphatic carbocycles. The second kappa shape index (κ2) is 5.00. The summed E-state index contributed by atoms with van der Waals surface area (Å²) in [5.41, 5.74) is 0.422. The van der Waals surface area contributed by atoms with Crippen molar-refractivity contribution in [1.29, 1.82) is 0 Å². The zero-order valence-corrected chi connectivity index (χ0v) is 10.8. The highest BCUT2D eigenvalue weighted by molar-refractivity contribution is 7.91. The number of nitrogens with one attached hydrogen (secondary N) is 1. The molecule has 1 heterocycles. The molecule has 1 amide bonds. The standard InChI is InChI=1S/C12H13NO5S/c14-11(9-4-5-19(17,18)7-9)13-10-3-1-2-8(6-10)12(15)16/h1-3,6,9H,4-5,7H2,(H,13,14)(H,15,16). The van der Waals surface area contributed by atoms with Crippen LogP contribution in [0.1, 0.15) is 16.8 Å². The Hall–Kier alpha value is -1.89. The molecular formula is C12H13NO5S. The number of carbonyl (C=O) groups is 2. The summed E-state index contributed by atoms with van der Waals surface area (Å²) >= 11 is 0. The van der Waals surface area contributed by atoms with Gasteiger partial charge in [-0.1, -0.05) is 6.07 Å². The summed E-state index contributed by atoms with van der Waals surface area (Å²) in [5, 5.41) is 11.4. The number of hydrogen-bond acceptors (Lipinski definition) is 4. The number of benzene rings is 1. The van der Waals surface area contributed by atoms with Crippen molar-refractivity contribution in [1.82, 2.24) is 0 Å². The Morgan fingerprint density at radius 1 is 1.32 bits per heavy atom. The minimum absolute atomic E-state index is 0.0280. The van der Waals surface area contributed by atoms with E-state index in [2.05, 4.69) is 5.32 Å². The maximum absolute atomic E-state index is 11.9. The molecule has 0 aromatic heterocycles. The van der Waals surface area contributed by atoms with Gasteiger partial charge in [0.25, 0.3) is 0 Å². The van der Waals surface area contributed by atoms with Crippen LogP contribution in [0.15, 0.2) is 24.3 Å². The van der Waals surface area contributed by atoms with Gasteiger partial charge in [0.05, 0.1) is 23.0 Å². The van der Waals surface area contributed by atoms with Crippen molar-refractivity contribution >= 4 is 27.4 Å². The first-order valence-electron chi connectivity index (χ1n) is 5.72. The number of anilines is 1. The van der Waals surface area contributed by atoms with E-state index >= 15 is 0 Å². The molecule has 0 saturated carbocycles. The largest absolute Gasteiger partial charge is 0.478 e. The lowest BCUT2D eigenvalue weighted by molar-refractivity contribution is -0.119.